The van der Waals surface area contributed by atoms with E-state index in [1.165, 1.54) is 6.20 Å². The van der Waals surface area contributed by atoms with Gasteiger partial charge in [-0.25, -0.2) is 13.1 Å². The number of hydrogen-bond donors (Lipinski definition) is 2. The number of aromatic nitrogens is 3. The van der Waals surface area contributed by atoms with Crippen molar-refractivity contribution in [1.82, 2.24) is 19.5 Å². The first-order valence-electron chi connectivity index (χ1n) is 6.74. The van der Waals surface area contributed by atoms with Gasteiger partial charge in [0.25, 0.3) is 0 Å². The Morgan fingerprint density at radius 3 is 2.90 bits per heavy atom. The maximum Gasteiger partial charge on any atom is 0.245 e. The van der Waals surface area contributed by atoms with Crippen LogP contribution in [-0.2, 0) is 23.0 Å². The van der Waals surface area contributed by atoms with E-state index in [1.807, 2.05) is 19.1 Å². The monoisotopic (exact) mass is 309 g/mol. The van der Waals surface area contributed by atoms with Crippen LogP contribution in [0, 0.1) is 0 Å². The molecule has 2 aromatic heterocycles. The maximum atomic E-state index is 12.2. The summed E-state index contributed by atoms with van der Waals surface area (Å²) in [5, 5.41) is 4.00. The molecule has 0 atom stereocenters. The number of rotatable bonds is 7. The van der Waals surface area contributed by atoms with Crippen molar-refractivity contribution in [3.05, 3.63) is 36.3 Å². The van der Waals surface area contributed by atoms with Crippen molar-refractivity contribution < 1.29 is 8.42 Å². The topological polar surface area (TPSA) is 103 Å². The minimum atomic E-state index is -3.64. The third kappa shape index (κ3) is 4.02. The fraction of sp³-hybridized carbons (Fsp3) is 0.385. The van der Waals surface area contributed by atoms with Crippen molar-refractivity contribution in [2.75, 3.05) is 12.3 Å². The molecule has 2 rings (SSSR count). The van der Waals surface area contributed by atoms with Gasteiger partial charge in [0.15, 0.2) is 5.82 Å². The Morgan fingerprint density at radius 2 is 2.24 bits per heavy atom. The quantitative estimate of drug-likeness (QED) is 0.787. The minimum absolute atomic E-state index is 0.0253. The van der Waals surface area contributed by atoms with Crippen molar-refractivity contribution in [1.29, 1.82) is 0 Å². The molecule has 0 aromatic carbocycles. The van der Waals surface area contributed by atoms with E-state index < -0.39 is 10.0 Å². The molecule has 0 aliphatic rings. The van der Waals surface area contributed by atoms with Crippen molar-refractivity contribution in [2.24, 2.45) is 0 Å². The van der Waals surface area contributed by atoms with Crippen LogP contribution in [0.1, 0.15) is 18.9 Å². The van der Waals surface area contributed by atoms with Crippen LogP contribution < -0.4 is 10.5 Å². The molecule has 3 N–H and O–H groups in total. The second-order valence-electron chi connectivity index (χ2n) is 4.65. The Kier molecular flexibility index (Phi) is 4.92. The van der Waals surface area contributed by atoms with Gasteiger partial charge in [-0.3, -0.25) is 9.67 Å². The van der Waals surface area contributed by atoms with Crippen molar-refractivity contribution in [2.45, 2.75) is 31.2 Å². The van der Waals surface area contributed by atoms with Gasteiger partial charge in [0, 0.05) is 31.7 Å². The van der Waals surface area contributed by atoms with Crippen LogP contribution in [0.3, 0.4) is 0 Å². The summed E-state index contributed by atoms with van der Waals surface area (Å²) in [7, 11) is -3.64. The number of nitrogens with one attached hydrogen (secondary N) is 1. The van der Waals surface area contributed by atoms with Gasteiger partial charge in [-0.1, -0.05) is 13.0 Å². The second-order valence-corrected chi connectivity index (χ2v) is 6.39. The van der Waals surface area contributed by atoms with E-state index in [9.17, 15) is 8.42 Å². The van der Waals surface area contributed by atoms with Gasteiger partial charge >= 0.3 is 0 Å². The zero-order chi connectivity index (χ0) is 15.3. The summed E-state index contributed by atoms with van der Waals surface area (Å²) in [6.07, 6.45) is 6.27. The molecule has 0 spiro atoms. The maximum absolute atomic E-state index is 12.2. The highest BCUT2D eigenvalue weighted by Crippen LogP contribution is 2.16. The summed E-state index contributed by atoms with van der Waals surface area (Å²) in [5.74, 6) is 0.0253. The first kappa shape index (κ1) is 15.5. The van der Waals surface area contributed by atoms with Gasteiger partial charge in [0.2, 0.25) is 10.0 Å². The van der Waals surface area contributed by atoms with Crippen LogP contribution in [0.15, 0.2) is 35.6 Å². The Balaban J connectivity index is 2.01. The van der Waals surface area contributed by atoms with Crippen LogP contribution in [-0.4, -0.2) is 29.7 Å². The molecule has 2 heterocycles. The first-order chi connectivity index (χ1) is 10.0. The van der Waals surface area contributed by atoms with Crippen LogP contribution in [0.5, 0.6) is 0 Å². The molecule has 0 saturated heterocycles. The van der Waals surface area contributed by atoms with Gasteiger partial charge < -0.3 is 5.73 Å². The molecule has 0 amide bonds. The van der Waals surface area contributed by atoms with Crippen molar-refractivity contribution in [3.63, 3.8) is 0 Å². The molecular weight excluding hydrogens is 290 g/mol. The Labute approximate surface area is 124 Å². The van der Waals surface area contributed by atoms with Crippen LogP contribution in [0.2, 0.25) is 0 Å². The normalized spacial score (nSPS) is 11.7. The SMILES string of the molecule is CCCn1cc(S(=O)(=O)NCCc2cccnc2)c(N)n1. The fourth-order valence-corrected chi connectivity index (χ4v) is 3.03. The lowest BCUT2D eigenvalue weighted by Gasteiger charge is -2.05. The average molecular weight is 309 g/mol. The third-order valence-corrected chi connectivity index (χ3v) is 4.40. The van der Waals surface area contributed by atoms with Gasteiger partial charge in [-0.2, -0.15) is 5.10 Å². The zero-order valence-electron chi connectivity index (χ0n) is 11.9. The summed E-state index contributed by atoms with van der Waals surface area (Å²) in [6, 6.07) is 3.71. The highest BCUT2D eigenvalue weighted by Gasteiger charge is 2.20. The first-order valence-corrected chi connectivity index (χ1v) is 8.22. The fourth-order valence-electron chi connectivity index (χ4n) is 1.92. The number of pyridine rings is 1. The van der Waals surface area contributed by atoms with E-state index in [-0.39, 0.29) is 17.3 Å². The standard InChI is InChI=1S/C13H19N5O2S/c1-2-8-18-10-12(13(14)17-18)21(19,20)16-7-5-11-4-3-6-15-9-11/h3-4,6,9-10,16H,2,5,7-8H2,1H3,(H2,14,17). The lowest BCUT2D eigenvalue weighted by Crippen LogP contribution is -2.26. The van der Waals surface area contributed by atoms with Crippen molar-refractivity contribution >= 4 is 15.8 Å². The molecular formula is C13H19N5O2S. The molecule has 8 heteroatoms. The van der Waals surface area contributed by atoms with Crippen LogP contribution in [0.25, 0.3) is 0 Å². The van der Waals surface area contributed by atoms with Gasteiger partial charge in [0.05, 0.1) is 0 Å². The van der Waals surface area contributed by atoms with E-state index in [0.717, 1.165) is 12.0 Å². The largest absolute Gasteiger partial charge is 0.381 e. The Bertz CT molecular complexity index is 682. The number of nitrogens with zero attached hydrogens (tertiary/aromatic N) is 3. The zero-order valence-corrected chi connectivity index (χ0v) is 12.7. The summed E-state index contributed by atoms with van der Waals surface area (Å²) in [5.41, 5.74) is 6.65. The van der Waals surface area contributed by atoms with Gasteiger partial charge in [-0.05, 0) is 24.5 Å². The number of aryl methyl sites for hydroxylation is 1. The minimum Gasteiger partial charge on any atom is -0.381 e. The molecule has 114 valence electrons. The molecule has 21 heavy (non-hydrogen) atoms. The van der Waals surface area contributed by atoms with E-state index in [0.29, 0.717) is 13.0 Å². The summed E-state index contributed by atoms with van der Waals surface area (Å²) in [6.45, 7) is 2.90. The number of hydrogen-bond acceptors (Lipinski definition) is 5. The highest BCUT2D eigenvalue weighted by atomic mass is 32.2. The Morgan fingerprint density at radius 1 is 1.43 bits per heavy atom. The predicted molar refractivity (Wildman–Crippen MR) is 80.1 cm³/mol. The molecule has 0 unspecified atom stereocenters. The van der Waals surface area contributed by atoms with E-state index in [2.05, 4.69) is 14.8 Å². The molecule has 0 bridgehead atoms. The molecule has 0 radical (unpaired) electrons. The molecule has 0 aliphatic heterocycles. The lowest BCUT2D eigenvalue weighted by atomic mass is 10.2. The van der Waals surface area contributed by atoms with E-state index in [1.54, 1.807) is 17.1 Å². The molecule has 0 aliphatic carbocycles. The second kappa shape index (κ2) is 6.68. The molecule has 2 aromatic rings. The van der Waals surface area contributed by atoms with Crippen molar-refractivity contribution in [3.8, 4) is 0 Å². The molecule has 7 nitrogen and oxygen atoms in total. The van der Waals surface area contributed by atoms with E-state index in [4.69, 9.17) is 5.73 Å². The number of sulfonamides is 1. The summed E-state index contributed by atoms with van der Waals surface area (Å²) >= 11 is 0. The summed E-state index contributed by atoms with van der Waals surface area (Å²) < 4.78 is 28.5. The number of anilines is 1. The van der Waals surface area contributed by atoms with Crippen LogP contribution in [0.4, 0.5) is 5.82 Å². The lowest BCUT2D eigenvalue weighted by molar-refractivity contribution is 0.579. The number of nitrogen functional groups attached to an aromatic ring is 1. The highest BCUT2D eigenvalue weighted by molar-refractivity contribution is 7.89. The van der Waals surface area contributed by atoms with E-state index >= 15 is 0 Å². The average Bonchev–Trinajstić information content (AvgIpc) is 2.82. The van der Waals surface area contributed by atoms with Crippen LogP contribution >= 0.6 is 0 Å². The third-order valence-electron chi connectivity index (χ3n) is 2.93. The smallest absolute Gasteiger partial charge is 0.245 e. The summed E-state index contributed by atoms with van der Waals surface area (Å²) in [4.78, 5) is 4.02. The molecule has 0 fully saturated rings. The van der Waals surface area contributed by atoms with Gasteiger partial charge in [-0.15, -0.1) is 0 Å². The Hall–Kier alpha value is -1.93. The molecule has 0 saturated carbocycles. The number of nitrogens with two attached hydrogens (primary N) is 1. The van der Waals surface area contributed by atoms with Gasteiger partial charge in [0.1, 0.15) is 4.90 Å². The predicted octanol–water partition coefficient (Wildman–Crippen LogP) is 0.791.